The smallest absolute Gasteiger partial charge is 0.123 e. The molecule has 3 nitrogen and oxygen atoms in total. The number of hydrogen-bond donors (Lipinski definition) is 2. The molecule has 0 unspecified atom stereocenters. The van der Waals surface area contributed by atoms with Gasteiger partial charge in [-0.3, -0.25) is 0 Å². The van der Waals surface area contributed by atoms with Gasteiger partial charge in [0.15, 0.2) is 0 Å². The first-order valence-corrected chi connectivity index (χ1v) is 5.89. The molecular weight excluding hydrogens is 240 g/mol. The number of hydrogen-bond acceptors (Lipinski definition) is 3. The number of rotatable bonds is 2. The Morgan fingerprint density at radius 2 is 1.47 bits per heavy atom. The Morgan fingerprint density at radius 1 is 0.737 bits per heavy atom. The summed E-state index contributed by atoms with van der Waals surface area (Å²) in [6.45, 7) is 0. The van der Waals surface area contributed by atoms with Crippen LogP contribution in [-0.2, 0) is 0 Å². The summed E-state index contributed by atoms with van der Waals surface area (Å²) in [7, 11) is 0. The normalized spacial score (nSPS) is 10.5. The minimum Gasteiger partial charge on any atom is -0.508 e. The summed E-state index contributed by atoms with van der Waals surface area (Å²) in [5, 5.41) is 19.2. The molecule has 1 aromatic heterocycles. The lowest BCUT2D eigenvalue weighted by molar-refractivity contribution is 0.475. The predicted octanol–water partition coefficient (Wildman–Crippen LogP) is 4.02. The molecule has 0 aliphatic rings. The van der Waals surface area contributed by atoms with Crippen molar-refractivity contribution in [1.82, 2.24) is 0 Å². The van der Waals surface area contributed by atoms with Crippen LogP contribution in [0.15, 0.2) is 65.5 Å². The molecule has 0 aliphatic carbocycles. The topological polar surface area (TPSA) is 53.6 Å². The van der Waals surface area contributed by atoms with Crippen LogP contribution in [0.5, 0.6) is 11.5 Å². The Bertz CT molecular complexity index is 683. The molecule has 0 spiro atoms. The first kappa shape index (κ1) is 11.4. The summed E-state index contributed by atoms with van der Waals surface area (Å²) >= 11 is 0. The summed E-state index contributed by atoms with van der Waals surface area (Å²) in [4.78, 5) is 0. The van der Waals surface area contributed by atoms with Crippen LogP contribution >= 0.6 is 0 Å². The molecule has 0 aliphatic heterocycles. The van der Waals surface area contributed by atoms with E-state index in [-0.39, 0.29) is 11.5 Å². The standard InChI is InChI=1S/C16H12O3/c17-14-4-1-11(2-5-14)12-3-6-16(18)15(9-12)13-7-8-19-10-13/h1-10,17-18H. The third-order valence-electron chi connectivity index (χ3n) is 3.03. The number of benzene rings is 2. The lowest BCUT2D eigenvalue weighted by Crippen LogP contribution is -1.81. The highest BCUT2D eigenvalue weighted by molar-refractivity contribution is 5.77. The van der Waals surface area contributed by atoms with E-state index in [1.165, 1.54) is 0 Å². The highest BCUT2D eigenvalue weighted by atomic mass is 16.3. The van der Waals surface area contributed by atoms with Gasteiger partial charge < -0.3 is 14.6 Å². The van der Waals surface area contributed by atoms with E-state index in [1.54, 1.807) is 36.8 Å². The number of phenolic OH excluding ortho intramolecular Hbond substituents is 2. The van der Waals surface area contributed by atoms with Crippen molar-refractivity contribution >= 4 is 0 Å². The molecule has 2 N–H and O–H groups in total. The summed E-state index contributed by atoms with van der Waals surface area (Å²) < 4.78 is 5.04. The Morgan fingerprint density at radius 3 is 2.16 bits per heavy atom. The van der Waals surface area contributed by atoms with Gasteiger partial charge in [0.1, 0.15) is 11.5 Å². The van der Waals surface area contributed by atoms with Gasteiger partial charge in [-0.05, 0) is 41.5 Å². The quantitative estimate of drug-likeness (QED) is 0.724. The minimum absolute atomic E-state index is 0.212. The van der Waals surface area contributed by atoms with E-state index in [0.29, 0.717) is 0 Å². The van der Waals surface area contributed by atoms with Gasteiger partial charge in [0.25, 0.3) is 0 Å². The van der Waals surface area contributed by atoms with E-state index in [2.05, 4.69) is 0 Å². The van der Waals surface area contributed by atoms with Crippen molar-refractivity contribution in [2.75, 3.05) is 0 Å². The van der Waals surface area contributed by atoms with Crippen molar-refractivity contribution < 1.29 is 14.6 Å². The third kappa shape index (κ3) is 2.18. The van der Waals surface area contributed by atoms with Gasteiger partial charge in [-0.25, -0.2) is 0 Å². The fourth-order valence-corrected chi connectivity index (χ4v) is 2.02. The SMILES string of the molecule is Oc1ccc(-c2ccc(O)c(-c3ccoc3)c2)cc1. The van der Waals surface area contributed by atoms with Gasteiger partial charge in [0.2, 0.25) is 0 Å². The molecular formula is C16H12O3. The highest BCUT2D eigenvalue weighted by Crippen LogP contribution is 2.34. The van der Waals surface area contributed by atoms with Crippen LogP contribution in [0.2, 0.25) is 0 Å². The summed E-state index contributed by atoms with van der Waals surface area (Å²) in [5.74, 6) is 0.446. The zero-order valence-electron chi connectivity index (χ0n) is 10.1. The van der Waals surface area contributed by atoms with Gasteiger partial charge in [0, 0.05) is 11.1 Å². The van der Waals surface area contributed by atoms with Gasteiger partial charge in [-0.2, -0.15) is 0 Å². The van der Waals surface area contributed by atoms with Crippen LogP contribution in [0.4, 0.5) is 0 Å². The van der Waals surface area contributed by atoms with Crippen LogP contribution in [0.1, 0.15) is 0 Å². The third-order valence-corrected chi connectivity index (χ3v) is 3.03. The van der Waals surface area contributed by atoms with E-state index < -0.39 is 0 Å². The molecule has 0 fully saturated rings. The fraction of sp³-hybridized carbons (Fsp3) is 0. The fourth-order valence-electron chi connectivity index (χ4n) is 2.02. The van der Waals surface area contributed by atoms with Crippen LogP contribution < -0.4 is 0 Å². The molecule has 0 amide bonds. The van der Waals surface area contributed by atoms with Crippen LogP contribution in [0.3, 0.4) is 0 Å². The summed E-state index contributed by atoms with van der Waals surface area (Å²) in [6.07, 6.45) is 3.16. The lowest BCUT2D eigenvalue weighted by Gasteiger charge is -2.07. The predicted molar refractivity (Wildman–Crippen MR) is 72.9 cm³/mol. The van der Waals surface area contributed by atoms with Crippen LogP contribution in [0.25, 0.3) is 22.3 Å². The number of phenols is 2. The molecule has 2 aromatic carbocycles. The van der Waals surface area contributed by atoms with Gasteiger partial charge >= 0.3 is 0 Å². The molecule has 3 rings (SSSR count). The van der Waals surface area contributed by atoms with Crippen molar-refractivity contribution in [2.24, 2.45) is 0 Å². The van der Waals surface area contributed by atoms with E-state index in [4.69, 9.17) is 4.42 Å². The maximum absolute atomic E-state index is 9.92. The minimum atomic E-state index is 0.212. The number of aromatic hydroxyl groups is 2. The Labute approximate surface area is 110 Å². The highest BCUT2D eigenvalue weighted by Gasteiger charge is 2.08. The van der Waals surface area contributed by atoms with E-state index in [0.717, 1.165) is 22.3 Å². The van der Waals surface area contributed by atoms with Crippen molar-refractivity contribution in [3.05, 3.63) is 61.1 Å². The molecule has 0 atom stereocenters. The second kappa shape index (κ2) is 4.53. The van der Waals surface area contributed by atoms with Gasteiger partial charge in [0.05, 0.1) is 12.5 Å². The largest absolute Gasteiger partial charge is 0.508 e. The Hall–Kier alpha value is -2.68. The molecule has 0 radical (unpaired) electrons. The maximum Gasteiger partial charge on any atom is 0.123 e. The van der Waals surface area contributed by atoms with E-state index in [1.807, 2.05) is 24.3 Å². The molecule has 3 aromatic rings. The van der Waals surface area contributed by atoms with Gasteiger partial charge in [-0.15, -0.1) is 0 Å². The zero-order valence-corrected chi connectivity index (χ0v) is 10.1. The Balaban J connectivity index is 2.09. The van der Waals surface area contributed by atoms with Crippen molar-refractivity contribution in [1.29, 1.82) is 0 Å². The molecule has 3 heteroatoms. The first-order valence-electron chi connectivity index (χ1n) is 5.89. The summed E-state index contributed by atoms with van der Waals surface area (Å²) in [5.41, 5.74) is 3.49. The molecule has 0 saturated carbocycles. The second-order valence-corrected chi connectivity index (χ2v) is 4.29. The van der Waals surface area contributed by atoms with Crippen LogP contribution in [0, 0.1) is 0 Å². The molecule has 1 heterocycles. The second-order valence-electron chi connectivity index (χ2n) is 4.29. The molecule has 0 bridgehead atoms. The van der Waals surface area contributed by atoms with Crippen molar-refractivity contribution in [3.8, 4) is 33.8 Å². The van der Waals surface area contributed by atoms with Crippen molar-refractivity contribution in [3.63, 3.8) is 0 Å². The molecule has 0 saturated heterocycles. The van der Waals surface area contributed by atoms with Gasteiger partial charge in [-0.1, -0.05) is 18.2 Å². The Kier molecular flexibility index (Phi) is 2.72. The average Bonchev–Trinajstić information content (AvgIpc) is 2.94. The van der Waals surface area contributed by atoms with E-state index in [9.17, 15) is 10.2 Å². The monoisotopic (exact) mass is 252 g/mol. The number of furan rings is 1. The molecule has 19 heavy (non-hydrogen) atoms. The first-order chi connectivity index (χ1) is 9.24. The zero-order chi connectivity index (χ0) is 13.2. The lowest BCUT2D eigenvalue weighted by atomic mass is 9.99. The van der Waals surface area contributed by atoms with Crippen LogP contribution in [-0.4, -0.2) is 10.2 Å². The van der Waals surface area contributed by atoms with E-state index >= 15 is 0 Å². The maximum atomic E-state index is 9.92. The molecule has 94 valence electrons. The average molecular weight is 252 g/mol. The summed E-state index contributed by atoms with van der Waals surface area (Å²) in [6, 6.07) is 14.1. The van der Waals surface area contributed by atoms with Crippen molar-refractivity contribution in [2.45, 2.75) is 0 Å².